The topological polar surface area (TPSA) is 29.5 Å². The van der Waals surface area contributed by atoms with Gasteiger partial charge in [-0.15, -0.1) is 0 Å². The number of rotatable bonds is 5. The molecular weight excluding hydrogens is 286 g/mol. The lowest BCUT2D eigenvalue weighted by atomic mass is 10.1. The number of esters is 1. The maximum Gasteiger partial charge on any atom is 0.339 e. The van der Waals surface area contributed by atoms with Crippen LogP contribution in [0.3, 0.4) is 0 Å². The molecule has 1 heterocycles. The SMILES string of the molecule is C=C1C=CC(C(=O)OCc2ccccc2)=CN1/C=C(/C)C(C)C. The molecule has 1 aromatic rings. The van der Waals surface area contributed by atoms with Crippen LogP contribution in [0.15, 0.2) is 78.3 Å². The Bertz CT molecular complexity index is 666. The van der Waals surface area contributed by atoms with Gasteiger partial charge in [-0.2, -0.15) is 0 Å². The van der Waals surface area contributed by atoms with E-state index in [4.69, 9.17) is 4.74 Å². The standard InChI is InChI=1S/C20H23NO2/c1-15(2)16(3)12-21-13-19(11-10-17(21)4)20(22)23-14-18-8-6-5-7-9-18/h5-13,15H,4,14H2,1-3H3/b16-12-. The molecule has 0 N–H and O–H groups in total. The third-order valence-corrected chi connectivity index (χ3v) is 3.77. The Hall–Kier alpha value is -2.55. The molecule has 0 unspecified atom stereocenters. The molecule has 0 atom stereocenters. The summed E-state index contributed by atoms with van der Waals surface area (Å²) < 4.78 is 5.37. The summed E-state index contributed by atoms with van der Waals surface area (Å²) in [6.45, 7) is 10.6. The minimum absolute atomic E-state index is 0.270. The fraction of sp³-hybridized carbons (Fsp3) is 0.250. The number of hydrogen-bond acceptors (Lipinski definition) is 3. The van der Waals surface area contributed by atoms with Crippen molar-refractivity contribution in [3.63, 3.8) is 0 Å². The number of hydrogen-bond donors (Lipinski definition) is 0. The van der Waals surface area contributed by atoms with Gasteiger partial charge in [0.05, 0.1) is 5.57 Å². The Morgan fingerprint density at radius 3 is 2.61 bits per heavy atom. The highest BCUT2D eigenvalue weighted by Crippen LogP contribution is 2.20. The highest BCUT2D eigenvalue weighted by atomic mass is 16.5. The Balaban J connectivity index is 2.06. The number of carbonyl (C=O) groups excluding carboxylic acids is 1. The summed E-state index contributed by atoms with van der Waals surface area (Å²) in [6, 6.07) is 9.65. The van der Waals surface area contributed by atoms with Crippen LogP contribution in [0, 0.1) is 5.92 Å². The summed E-state index contributed by atoms with van der Waals surface area (Å²) >= 11 is 0. The van der Waals surface area contributed by atoms with Crippen LogP contribution in [0.4, 0.5) is 0 Å². The van der Waals surface area contributed by atoms with Crippen molar-refractivity contribution in [1.82, 2.24) is 4.90 Å². The summed E-state index contributed by atoms with van der Waals surface area (Å²) in [5.41, 5.74) is 3.53. The molecule has 1 aliphatic rings. The van der Waals surface area contributed by atoms with Crippen LogP contribution in [0.2, 0.25) is 0 Å². The van der Waals surface area contributed by atoms with E-state index in [1.54, 1.807) is 12.3 Å². The van der Waals surface area contributed by atoms with Gasteiger partial charge in [-0.25, -0.2) is 4.79 Å². The molecule has 1 aliphatic heterocycles. The lowest BCUT2D eigenvalue weighted by Gasteiger charge is -2.22. The zero-order valence-electron chi connectivity index (χ0n) is 14.0. The zero-order valence-corrected chi connectivity index (χ0v) is 14.0. The van der Waals surface area contributed by atoms with E-state index < -0.39 is 0 Å². The molecule has 3 nitrogen and oxygen atoms in total. The number of carbonyl (C=O) groups is 1. The van der Waals surface area contributed by atoms with Crippen molar-refractivity contribution < 1.29 is 9.53 Å². The molecule has 120 valence electrons. The van der Waals surface area contributed by atoms with Gasteiger partial charge in [0.1, 0.15) is 6.61 Å². The summed E-state index contributed by atoms with van der Waals surface area (Å²) in [5.74, 6) is 0.105. The van der Waals surface area contributed by atoms with E-state index in [9.17, 15) is 4.79 Å². The van der Waals surface area contributed by atoms with E-state index in [0.717, 1.165) is 11.3 Å². The van der Waals surface area contributed by atoms with Gasteiger partial charge in [0.15, 0.2) is 0 Å². The lowest BCUT2D eigenvalue weighted by Crippen LogP contribution is -2.17. The zero-order chi connectivity index (χ0) is 16.8. The Kier molecular flexibility index (Phi) is 5.58. The van der Waals surface area contributed by atoms with Gasteiger partial charge in [-0.1, -0.05) is 56.3 Å². The predicted octanol–water partition coefficient (Wildman–Crippen LogP) is 4.56. The van der Waals surface area contributed by atoms with Crippen LogP contribution in [-0.2, 0) is 16.1 Å². The molecule has 3 heteroatoms. The number of ether oxygens (including phenoxy) is 1. The summed E-state index contributed by atoms with van der Waals surface area (Å²) in [5, 5.41) is 0. The lowest BCUT2D eigenvalue weighted by molar-refractivity contribution is -0.139. The van der Waals surface area contributed by atoms with Crippen LogP contribution in [0.25, 0.3) is 0 Å². The monoisotopic (exact) mass is 309 g/mol. The molecular formula is C20H23NO2. The van der Waals surface area contributed by atoms with E-state index in [1.807, 2.05) is 47.5 Å². The van der Waals surface area contributed by atoms with E-state index >= 15 is 0 Å². The van der Waals surface area contributed by atoms with Gasteiger partial charge in [0, 0.05) is 18.1 Å². The molecule has 0 fully saturated rings. The smallest absolute Gasteiger partial charge is 0.339 e. The second-order valence-electron chi connectivity index (χ2n) is 5.91. The molecule has 1 aromatic carbocycles. The maximum atomic E-state index is 12.2. The first-order chi connectivity index (χ1) is 11.0. The van der Waals surface area contributed by atoms with Crippen molar-refractivity contribution in [1.29, 1.82) is 0 Å². The molecule has 0 radical (unpaired) electrons. The first-order valence-electron chi connectivity index (χ1n) is 7.74. The first-order valence-corrected chi connectivity index (χ1v) is 7.74. The van der Waals surface area contributed by atoms with Crippen LogP contribution >= 0.6 is 0 Å². The average Bonchev–Trinajstić information content (AvgIpc) is 2.55. The molecule has 23 heavy (non-hydrogen) atoms. The fourth-order valence-electron chi connectivity index (χ4n) is 1.96. The fourth-order valence-corrected chi connectivity index (χ4v) is 1.96. The van der Waals surface area contributed by atoms with Crippen LogP contribution < -0.4 is 0 Å². The van der Waals surface area contributed by atoms with E-state index in [1.165, 1.54) is 5.57 Å². The van der Waals surface area contributed by atoms with Gasteiger partial charge in [-0.3, -0.25) is 0 Å². The van der Waals surface area contributed by atoms with Gasteiger partial charge >= 0.3 is 5.97 Å². The van der Waals surface area contributed by atoms with E-state index in [-0.39, 0.29) is 12.6 Å². The van der Waals surface area contributed by atoms with Gasteiger partial charge < -0.3 is 9.64 Å². The van der Waals surface area contributed by atoms with Crippen molar-refractivity contribution in [2.75, 3.05) is 0 Å². The van der Waals surface area contributed by atoms with Gasteiger partial charge in [-0.05, 0) is 30.6 Å². The normalized spacial score (nSPS) is 15.0. The maximum absolute atomic E-state index is 12.2. The highest BCUT2D eigenvalue weighted by molar-refractivity contribution is 5.92. The van der Waals surface area contributed by atoms with Crippen molar-refractivity contribution in [3.05, 3.63) is 83.9 Å². The number of nitrogens with zero attached hydrogens (tertiary/aromatic N) is 1. The third-order valence-electron chi connectivity index (χ3n) is 3.77. The Morgan fingerprint density at radius 2 is 1.96 bits per heavy atom. The quantitative estimate of drug-likeness (QED) is 0.747. The molecule has 0 saturated heterocycles. The highest BCUT2D eigenvalue weighted by Gasteiger charge is 2.15. The van der Waals surface area contributed by atoms with E-state index in [0.29, 0.717) is 11.5 Å². The number of benzene rings is 1. The third kappa shape index (κ3) is 4.71. The van der Waals surface area contributed by atoms with Crippen molar-refractivity contribution >= 4 is 5.97 Å². The van der Waals surface area contributed by atoms with Crippen molar-refractivity contribution in [2.45, 2.75) is 27.4 Å². The van der Waals surface area contributed by atoms with E-state index in [2.05, 4.69) is 27.4 Å². The summed E-state index contributed by atoms with van der Waals surface area (Å²) in [7, 11) is 0. The molecule has 0 bridgehead atoms. The second kappa shape index (κ2) is 7.63. The molecule has 0 aliphatic carbocycles. The minimum Gasteiger partial charge on any atom is -0.457 e. The second-order valence-corrected chi connectivity index (χ2v) is 5.91. The van der Waals surface area contributed by atoms with Crippen LogP contribution in [0.5, 0.6) is 0 Å². The summed E-state index contributed by atoms with van der Waals surface area (Å²) in [6.07, 6.45) is 7.33. The molecule has 0 aromatic heterocycles. The number of allylic oxidation sites excluding steroid dienone is 2. The van der Waals surface area contributed by atoms with Crippen molar-refractivity contribution in [2.24, 2.45) is 5.92 Å². The van der Waals surface area contributed by atoms with Crippen molar-refractivity contribution in [3.8, 4) is 0 Å². The molecule has 0 saturated carbocycles. The molecule has 0 amide bonds. The van der Waals surface area contributed by atoms with Gasteiger partial charge in [0.2, 0.25) is 0 Å². The largest absolute Gasteiger partial charge is 0.457 e. The van der Waals surface area contributed by atoms with Crippen LogP contribution in [-0.4, -0.2) is 10.9 Å². The predicted molar refractivity (Wildman–Crippen MR) is 93.0 cm³/mol. The Labute approximate surface area is 138 Å². The summed E-state index contributed by atoms with van der Waals surface area (Å²) in [4.78, 5) is 14.1. The van der Waals surface area contributed by atoms with Gasteiger partial charge in [0.25, 0.3) is 0 Å². The van der Waals surface area contributed by atoms with Crippen LogP contribution in [0.1, 0.15) is 26.3 Å². The molecule has 2 rings (SSSR count). The average molecular weight is 309 g/mol. The molecule has 0 spiro atoms. The minimum atomic E-state index is -0.335. The Morgan fingerprint density at radius 1 is 1.26 bits per heavy atom. The first kappa shape index (κ1) is 16.8.